The van der Waals surface area contributed by atoms with Crippen LogP contribution < -0.4 is 0 Å². The zero-order valence-corrected chi connectivity index (χ0v) is 29.3. The fourth-order valence-corrected chi connectivity index (χ4v) is 8.39. The molecule has 7 aromatic carbocycles. The molecule has 0 amide bonds. The zero-order chi connectivity index (χ0) is 35.6. The maximum Gasteiger partial charge on any atom is 0.161 e. The topological polar surface area (TPSA) is 43.6 Å². The van der Waals surface area contributed by atoms with Crippen LogP contribution in [0.5, 0.6) is 0 Å². The highest BCUT2D eigenvalue weighted by Crippen LogP contribution is 2.50. The summed E-state index contributed by atoms with van der Waals surface area (Å²) in [4.78, 5) is 15.3. The Labute approximate surface area is 312 Å². The second-order valence-corrected chi connectivity index (χ2v) is 14.0. The third kappa shape index (κ3) is 4.88. The molecule has 0 saturated carbocycles. The summed E-state index contributed by atoms with van der Waals surface area (Å²) in [6, 6.07) is 64.7. The molecule has 0 fully saturated rings. The van der Waals surface area contributed by atoms with Gasteiger partial charge in [0.15, 0.2) is 5.82 Å². The molecular weight excluding hydrogens is 657 g/mol. The highest BCUT2D eigenvalue weighted by Gasteiger charge is 2.31. The second kappa shape index (κ2) is 12.2. The minimum Gasteiger partial charge on any atom is -0.294 e. The van der Waals surface area contributed by atoms with Crippen LogP contribution in [0.15, 0.2) is 188 Å². The number of benzene rings is 7. The number of hydrogen-bond donors (Lipinski definition) is 0. The predicted octanol–water partition coefficient (Wildman–Crippen LogP) is 12.3. The summed E-state index contributed by atoms with van der Waals surface area (Å²) in [6.07, 6.45) is 1.92. The van der Waals surface area contributed by atoms with Gasteiger partial charge < -0.3 is 0 Å². The van der Waals surface area contributed by atoms with Crippen molar-refractivity contribution in [2.45, 2.75) is 5.92 Å². The largest absolute Gasteiger partial charge is 0.294 e. The van der Waals surface area contributed by atoms with E-state index in [1.165, 1.54) is 49.4 Å². The molecule has 1 aliphatic rings. The molecule has 1 unspecified atom stereocenters. The van der Waals surface area contributed by atoms with Gasteiger partial charge in [0.05, 0.1) is 22.4 Å². The molecule has 4 heteroatoms. The van der Waals surface area contributed by atoms with E-state index in [0.29, 0.717) is 5.82 Å². The fourth-order valence-electron chi connectivity index (χ4n) is 8.39. The third-order valence-electron chi connectivity index (χ3n) is 10.9. The molecular formula is C50H32N4. The van der Waals surface area contributed by atoms with E-state index in [4.69, 9.17) is 15.0 Å². The van der Waals surface area contributed by atoms with Gasteiger partial charge in [-0.05, 0) is 81.1 Å². The number of rotatable bonds is 5. The minimum atomic E-state index is 0.172. The minimum absolute atomic E-state index is 0.172. The SMILES string of the molecule is c1ccc(-c2cc(-c3ccccc3)nc(-c3ccc(-n4c5cc6c(cc5c5cc7ccccc7cc54)C(c4ccccc4)c4ccccc4-6)nc3)n2)cc1. The molecule has 0 bridgehead atoms. The number of nitrogens with zero attached hydrogens (tertiary/aromatic N) is 4. The Morgan fingerprint density at radius 3 is 1.70 bits per heavy atom. The Bertz CT molecular complexity index is 2960. The van der Waals surface area contributed by atoms with E-state index >= 15 is 0 Å². The summed E-state index contributed by atoms with van der Waals surface area (Å²) < 4.78 is 2.33. The van der Waals surface area contributed by atoms with Crippen LogP contribution in [0.1, 0.15) is 22.6 Å². The van der Waals surface area contributed by atoms with Crippen molar-refractivity contribution in [2.24, 2.45) is 0 Å². The molecule has 3 heterocycles. The van der Waals surface area contributed by atoms with Crippen LogP contribution in [0, 0.1) is 0 Å². The molecule has 252 valence electrons. The lowest BCUT2D eigenvalue weighted by atomic mass is 9.89. The number of fused-ring (bicyclic) bond motifs is 7. The Kier molecular flexibility index (Phi) is 6.89. The van der Waals surface area contributed by atoms with E-state index in [2.05, 4.69) is 150 Å². The Morgan fingerprint density at radius 2 is 1.02 bits per heavy atom. The van der Waals surface area contributed by atoms with Gasteiger partial charge in [0, 0.05) is 39.6 Å². The van der Waals surface area contributed by atoms with Crippen LogP contribution in [-0.4, -0.2) is 19.5 Å². The average molecular weight is 689 g/mol. The normalized spacial score (nSPS) is 13.4. The number of pyridine rings is 1. The molecule has 3 aromatic heterocycles. The summed E-state index contributed by atoms with van der Waals surface area (Å²) in [5.41, 5.74) is 13.5. The number of hydrogen-bond acceptors (Lipinski definition) is 3. The van der Waals surface area contributed by atoms with Crippen molar-refractivity contribution in [1.29, 1.82) is 0 Å². The maximum absolute atomic E-state index is 5.17. The Hall–Kier alpha value is -7.17. The molecule has 0 spiro atoms. The second-order valence-electron chi connectivity index (χ2n) is 14.0. The molecule has 0 aliphatic heterocycles. The quantitative estimate of drug-likeness (QED) is 0.181. The standard InChI is InChI=1S/C50H32N4/c1-4-14-32(15-5-1)44-30-45(33-16-6-2-7-17-33)53-50(52-44)37-24-25-48(51-31-37)54-46-27-36-21-11-10-20-35(36)26-41(46)42-28-43-40(29-47(42)54)38-22-12-13-23-39(38)49(43)34-18-8-3-9-19-34/h1-31,49H. The van der Waals surface area contributed by atoms with Gasteiger partial charge in [0.1, 0.15) is 5.82 Å². The van der Waals surface area contributed by atoms with Crippen LogP contribution >= 0.6 is 0 Å². The third-order valence-corrected chi connectivity index (χ3v) is 10.9. The Morgan fingerprint density at radius 1 is 0.426 bits per heavy atom. The van der Waals surface area contributed by atoms with Gasteiger partial charge in [-0.2, -0.15) is 0 Å². The molecule has 4 nitrogen and oxygen atoms in total. The van der Waals surface area contributed by atoms with E-state index in [1.54, 1.807) is 0 Å². The van der Waals surface area contributed by atoms with Crippen LogP contribution in [-0.2, 0) is 0 Å². The van der Waals surface area contributed by atoms with Gasteiger partial charge in [-0.1, -0.05) is 140 Å². The van der Waals surface area contributed by atoms with E-state index in [1.807, 2.05) is 42.6 Å². The van der Waals surface area contributed by atoms with Crippen LogP contribution in [0.3, 0.4) is 0 Å². The summed E-state index contributed by atoms with van der Waals surface area (Å²) in [6.45, 7) is 0. The molecule has 1 aliphatic carbocycles. The molecule has 11 rings (SSSR count). The van der Waals surface area contributed by atoms with E-state index in [9.17, 15) is 0 Å². The smallest absolute Gasteiger partial charge is 0.161 e. The van der Waals surface area contributed by atoms with Crippen LogP contribution in [0.25, 0.3) is 83.4 Å². The van der Waals surface area contributed by atoms with Crippen molar-refractivity contribution in [3.8, 4) is 50.8 Å². The molecule has 10 aromatic rings. The molecule has 0 radical (unpaired) electrons. The first-order chi connectivity index (χ1) is 26.8. The Balaban J connectivity index is 1.11. The van der Waals surface area contributed by atoms with Gasteiger partial charge in [0.25, 0.3) is 0 Å². The number of aromatic nitrogens is 4. The molecule has 1 atom stereocenters. The van der Waals surface area contributed by atoms with Crippen molar-refractivity contribution in [3.05, 3.63) is 205 Å². The monoisotopic (exact) mass is 688 g/mol. The van der Waals surface area contributed by atoms with Crippen molar-refractivity contribution < 1.29 is 0 Å². The van der Waals surface area contributed by atoms with Crippen molar-refractivity contribution in [1.82, 2.24) is 19.5 Å². The van der Waals surface area contributed by atoms with Crippen molar-refractivity contribution >= 4 is 32.6 Å². The highest BCUT2D eigenvalue weighted by atomic mass is 15.1. The first-order valence-electron chi connectivity index (χ1n) is 18.4. The first kappa shape index (κ1) is 30.5. The van der Waals surface area contributed by atoms with Gasteiger partial charge in [-0.25, -0.2) is 15.0 Å². The molecule has 54 heavy (non-hydrogen) atoms. The lowest BCUT2D eigenvalue weighted by Crippen LogP contribution is -2.00. The van der Waals surface area contributed by atoms with E-state index in [0.717, 1.165) is 44.9 Å². The lowest BCUT2D eigenvalue weighted by Gasteiger charge is -2.14. The predicted molar refractivity (Wildman–Crippen MR) is 221 cm³/mol. The summed E-state index contributed by atoms with van der Waals surface area (Å²) in [7, 11) is 0. The fraction of sp³-hybridized carbons (Fsp3) is 0.0200. The van der Waals surface area contributed by atoms with Gasteiger partial charge in [-0.15, -0.1) is 0 Å². The van der Waals surface area contributed by atoms with E-state index in [-0.39, 0.29) is 5.92 Å². The van der Waals surface area contributed by atoms with Crippen molar-refractivity contribution in [2.75, 3.05) is 0 Å². The summed E-state index contributed by atoms with van der Waals surface area (Å²) in [5, 5.41) is 4.86. The van der Waals surface area contributed by atoms with Crippen molar-refractivity contribution in [3.63, 3.8) is 0 Å². The zero-order valence-electron chi connectivity index (χ0n) is 29.3. The summed E-state index contributed by atoms with van der Waals surface area (Å²) >= 11 is 0. The highest BCUT2D eigenvalue weighted by molar-refractivity contribution is 6.15. The van der Waals surface area contributed by atoms with Crippen LogP contribution in [0.2, 0.25) is 0 Å². The van der Waals surface area contributed by atoms with Gasteiger partial charge >= 0.3 is 0 Å². The van der Waals surface area contributed by atoms with Crippen LogP contribution in [0.4, 0.5) is 0 Å². The van der Waals surface area contributed by atoms with E-state index < -0.39 is 0 Å². The average Bonchev–Trinajstić information content (AvgIpc) is 3.74. The lowest BCUT2D eigenvalue weighted by molar-refractivity contribution is 1.02. The summed E-state index contributed by atoms with van der Waals surface area (Å²) in [5.74, 6) is 1.66. The molecule has 0 saturated heterocycles. The first-order valence-corrected chi connectivity index (χ1v) is 18.4. The van der Waals surface area contributed by atoms with Gasteiger partial charge in [-0.3, -0.25) is 4.57 Å². The molecule has 0 N–H and O–H groups in total. The van der Waals surface area contributed by atoms with Gasteiger partial charge in [0.2, 0.25) is 0 Å². The maximum atomic E-state index is 5.17.